The second-order valence-corrected chi connectivity index (χ2v) is 7.58. The van der Waals surface area contributed by atoms with Crippen molar-refractivity contribution in [3.63, 3.8) is 0 Å². The highest BCUT2D eigenvalue weighted by atomic mass is 14.9. The largest absolute Gasteiger partial charge is 0.323 e. The van der Waals surface area contributed by atoms with Crippen LogP contribution in [0.15, 0.2) is 97.3 Å². The van der Waals surface area contributed by atoms with Gasteiger partial charge in [-0.1, -0.05) is 79.7 Å². The monoisotopic (exact) mass is 361 g/mol. The maximum Gasteiger partial charge on any atom is 0.0488 e. The Balaban J connectivity index is 1.65. The van der Waals surface area contributed by atoms with E-state index in [-0.39, 0.29) is 0 Å². The summed E-state index contributed by atoms with van der Waals surface area (Å²) in [5.74, 6) is 0.376. The molecule has 1 heteroatoms. The molecule has 0 amide bonds. The van der Waals surface area contributed by atoms with Gasteiger partial charge in [-0.3, -0.25) is 0 Å². The molecule has 0 saturated heterocycles. The summed E-state index contributed by atoms with van der Waals surface area (Å²) < 4.78 is 2.26. The normalized spacial score (nSPS) is 12.5. The van der Waals surface area contributed by atoms with Crippen LogP contribution in [-0.2, 0) is 0 Å². The lowest BCUT2D eigenvalue weighted by Gasteiger charge is -2.13. The number of aromatic nitrogens is 1. The minimum absolute atomic E-state index is 0.376. The zero-order chi connectivity index (χ0) is 19.1. The Morgan fingerprint density at radius 1 is 0.714 bits per heavy atom. The van der Waals surface area contributed by atoms with E-state index in [0.717, 1.165) is 0 Å². The zero-order valence-corrected chi connectivity index (χ0v) is 16.3. The van der Waals surface area contributed by atoms with Crippen LogP contribution in [0.4, 0.5) is 0 Å². The molecule has 28 heavy (non-hydrogen) atoms. The topological polar surface area (TPSA) is 4.41 Å². The molecule has 5 rings (SSSR count). The Morgan fingerprint density at radius 3 is 2.32 bits per heavy atom. The third-order valence-corrected chi connectivity index (χ3v) is 5.94. The van der Waals surface area contributed by atoms with Gasteiger partial charge in [-0.15, -0.1) is 0 Å². The summed E-state index contributed by atoms with van der Waals surface area (Å²) >= 11 is 0. The van der Waals surface area contributed by atoms with E-state index in [1.165, 1.54) is 44.1 Å². The van der Waals surface area contributed by atoms with E-state index in [9.17, 15) is 0 Å². The molecule has 1 unspecified atom stereocenters. The van der Waals surface area contributed by atoms with Crippen LogP contribution >= 0.6 is 0 Å². The summed E-state index contributed by atoms with van der Waals surface area (Å²) in [6, 6.07) is 30.5. The van der Waals surface area contributed by atoms with E-state index in [0.29, 0.717) is 5.92 Å². The SMILES string of the molecule is Cc1c(-c2cccc3ccccc23)cn2ccc(C(C)c3ccccc3)cc12. The molecule has 3 aromatic carbocycles. The van der Waals surface area contributed by atoms with Crippen molar-refractivity contribution in [2.45, 2.75) is 19.8 Å². The number of hydrogen-bond donors (Lipinski definition) is 0. The molecule has 0 bridgehead atoms. The van der Waals surface area contributed by atoms with Gasteiger partial charge in [0.2, 0.25) is 0 Å². The van der Waals surface area contributed by atoms with Crippen molar-refractivity contribution >= 4 is 16.3 Å². The van der Waals surface area contributed by atoms with Crippen LogP contribution in [0, 0.1) is 6.92 Å². The van der Waals surface area contributed by atoms with Crippen molar-refractivity contribution in [3.05, 3.63) is 114 Å². The molecule has 1 nitrogen and oxygen atoms in total. The van der Waals surface area contributed by atoms with Crippen LogP contribution in [0.1, 0.15) is 29.5 Å². The first-order chi connectivity index (χ1) is 13.7. The number of pyridine rings is 1. The molecule has 0 saturated carbocycles. The van der Waals surface area contributed by atoms with E-state index in [1.807, 2.05) is 0 Å². The van der Waals surface area contributed by atoms with Crippen LogP contribution in [0.2, 0.25) is 0 Å². The lowest BCUT2D eigenvalue weighted by molar-refractivity contribution is 0.917. The minimum atomic E-state index is 0.376. The first kappa shape index (κ1) is 16.8. The maximum absolute atomic E-state index is 2.35. The van der Waals surface area contributed by atoms with Crippen LogP contribution in [0.3, 0.4) is 0 Å². The van der Waals surface area contributed by atoms with E-state index < -0.39 is 0 Å². The van der Waals surface area contributed by atoms with Crippen LogP contribution in [0.5, 0.6) is 0 Å². The van der Waals surface area contributed by atoms with Gasteiger partial charge in [0.1, 0.15) is 0 Å². The van der Waals surface area contributed by atoms with Crippen molar-refractivity contribution < 1.29 is 0 Å². The fraction of sp³-hybridized carbons (Fsp3) is 0.111. The first-order valence-electron chi connectivity index (χ1n) is 9.86. The summed E-state index contributed by atoms with van der Waals surface area (Å²) in [6.07, 6.45) is 4.47. The van der Waals surface area contributed by atoms with Crippen LogP contribution in [-0.4, -0.2) is 4.40 Å². The summed E-state index contributed by atoms with van der Waals surface area (Å²) in [4.78, 5) is 0. The molecule has 0 spiro atoms. The maximum atomic E-state index is 2.35. The Kier molecular flexibility index (Phi) is 4.02. The lowest BCUT2D eigenvalue weighted by Crippen LogP contribution is -1.97. The van der Waals surface area contributed by atoms with E-state index in [4.69, 9.17) is 0 Å². The summed E-state index contributed by atoms with van der Waals surface area (Å²) in [7, 11) is 0. The predicted molar refractivity (Wildman–Crippen MR) is 119 cm³/mol. The quantitative estimate of drug-likeness (QED) is 0.319. The van der Waals surface area contributed by atoms with Crippen molar-refractivity contribution in [3.8, 4) is 11.1 Å². The third kappa shape index (κ3) is 2.71. The van der Waals surface area contributed by atoms with Gasteiger partial charge in [-0.2, -0.15) is 0 Å². The van der Waals surface area contributed by atoms with Gasteiger partial charge >= 0.3 is 0 Å². The average molecular weight is 361 g/mol. The minimum Gasteiger partial charge on any atom is -0.323 e. The number of aryl methyl sites for hydroxylation is 1. The van der Waals surface area contributed by atoms with Gasteiger partial charge in [0, 0.05) is 29.4 Å². The van der Waals surface area contributed by atoms with Gasteiger partial charge in [0.15, 0.2) is 0 Å². The number of rotatable bonds is 3. The molecule has 0 aliphatic heterocycles. The number of nitrogens with zero attached hydrogens (tertiary/aromatic N) is 1. The smallest absolute Gasteiger partial charge is 0.0488 e. The summed E-state index contributed by atoms with van der Waals surface area (Å²) in [5.41, 5.74) is 7.93. The van der Waals surface area contributed by atoms with Gasteiger partial charge in [0.05, 0.1) is 0 Å². The van der Waals surface area contributed by atoms with E-state index in [2.05, 4.69) is 116 Å². The molecule has 136 valence electrons. The standard InChI is InChI=1S/C27H23N/c1-19(21-9-4-3-5-10-21)23-15-16-28-18-26(20(2)27(28)17-23)25-14-8-12-22-11-6-7-13-24(22)25/h3-19H,1-2H3. The molecule has 1 atom stereocenters. The van der Waals surface area contributed by atoms with E-state index in [1.54, 1.807) is 0 Å². The first-order valence-corrected chi connectivity index (χ1v) is 9.86. The van der Waals surface area contributed by atoms with E-state index >= 15 is 0 Å². The third-order valence-electron chi connectivity index (χ3n) is 5.94. The van der Waals surface area contributed by atoms with Crippen LogP contribution < -0.4 is 0 Å². The van der Waals surface area contributed by atoms with Gasteiger partial charge in [-0.05, 0) is 52.1 Å². The number of benzene rings is 3. The van der Waals surface area contributed by atoms with Crippen molar-refractivity contribution in [2.24, 2.45) is 0 Å². The zero-order valence-electron chi connectivity index (χ0n) is 16.3. The van der Waals surface area contributed by atoms with Crippen molar-refractivity contribution in [1.82, 2.24) is 4.40 Å². The Labute approximate surface area is 165 Å². The molecular formula is C27H23N. The second-order valence-electron chi connectivity index (χ2n) is 7.58. The number of hydrogen-bond acceptors (Lipinski definition) is 0. The Morgan fingerprint density at radius 2 is 1.46 bits per heavy atom. The predicted octanol–water partition coefficient (Wildman–Crippen LogP) is 7.22. The van der Waals surface area contributed by atoms with Gasteiger partial charge in [-0.25, -0.2) is 0 Å². The Bertz CT molecular complexity index is 1270. The van der Waals surface area contributed by atoms with Crippen LogP contribution in [0.25, 0.3) is 27.4 Å². The van der Waals surface area contributed by atoms with Crippen molar-refractivity contribution in [1.29, 1.82) is 0 Å². The number of fused-ring (bicyclic) bond motifs is 2. The van der Waals surface area contributed by atoms with Gasteiger partial charge in [0.25, 0.3) is 0 Å². The summed E-state index contributed by atoms with van der Waals surface area (Å²) in [5, 5.41) is 2.59. The second kappa shape index (κ2) is 6.69. The highest BCUT2D eigenvalue weighted by Gasteiger charge is 2.14. The molecule has 0 fully saturated rings. The molecule has 2 heterocycles. The molecule has 2 aromatic heterocycles. The fourth-order valence-electron chi connectivity index (χ4n) is 4.25. The Hall–Kier alpha value is -3.32. The molecule has 0 aliphatic rings. The lowest BCUT2D eigenvalue weighted by atomic mass is 9.93. The summed E-state index contributed by atoms with van der Waals surface area (Å²) in [6.45, 7) is 4.52. The molecule has 5 aromatic rings. The van der Waals surface area contributed by atoms with Gasteiger partial charge < -0.3 is 4.40 Å². The fourth-order valence-corrected chi connectivity index (χ4v) is 4.25. The molecule has 0 aliphatic carbocycles. The van der Waals surface area contributed by atoms with Crippen molar-refractivity contribution in [2.75, 3.05) is 0 Å². The highest BCUT2D eigenvalue weighted by Crippen LogP contribution is 2.35. The molecule has 0 N–H and O–H groups in total. The average Bonchev–Trinajstić information content (AvgIpc) is 3.09. The highest BCUT2D eigenvalue weighted by molar-refractivity contribution is 5.98. The molecular weight excluding hydrogens is 338 g/mol. The molecule has 0 radical (unpaired) electrons.